The number of nitrogens with zero attached hydrogens (tertiary/aromatic N) is 2. The smallest absolute Gasteiger partial charge is 0.229 e. The maximum atomic E-state index is 12.3. The van der Waals surface area contributed by atoms with Crippen molar-refractivity contribution in [3.8, 4) is 11.6 Å². The lowest BCUT2D eigenvalue weighted by Crippen LogP contribution is -2.27. The Hall–Kier alpha value is -2.99. The molecule has 164 valence electrons. The third-order valence-corrected chi connectivity index (χ3v) is 5.19. The molecule has 3 rings (SSSR count). The van der Waals surface area contributed by atoms with Crippen LogP contribution in [-0.4, -0.2) is 15.7 Å². The number of hydrogen-bond donors (Lipinski definition) is 2. The molecule has 0 bridgehead atoms. The van der Waals surface area contributed by atoms with E-state index in [-0.39, 0.29) is 5.91 Å². The molecule has 0 spiro atoms. The number of halogens is 1. The fourth-order valence-corrected chi connectivity index (χ4v) is 3.17. The lowest BCUT2D eigenvalue weighted by Gasteiger charge is -2.19. The number of amides is 1. The second-order valence-corrected chi connectivity index (χ2v) is 9.07. The highest BCUT2D eigenvalue weighted by Crippen LogP contribution is 2.29. The maximum Gasteiger partial charge on any atom is 0.229 e. The van der Waals surface area contributed by atoms with Crippen LogP contribution in [0, 0.1) is 19.3 Å². The van der Waals surface area contributed by atoms with Crippen molar-refractivity contribution in [1.82, 2.24) is 9.78 Å². The van der Waals surface area contributed by atoms with Gasteiger partial charge in [0.05, 0.1) is 11.3 Å². The highest BCUT2D eigenvalue weighted by atomic mass is 35.5. The number of rotatable bonds is 6. The van der Waals surface area contributed by atoms with Crippen LogP contribution in [0.3, 0.4) is 0 Å². The molecule has 0 fully saturated rings. The van der Waals surface area contributed by atoms with Gasteiger partial charge in [0.2, 0.25) is 11.8 Å². The minimum Gasteiger partial charge on any atom is -0.439 e. The number of benzene rings is 2. The Kier molecular flexibility index (Phi) is 6.60. The van der Waals surface area contributed by atoms with Crippen molar-refractivity contribution >= 4 is 28.9 Å². The van der Waals surface area contributed by atoms with Gasteiger partial charge in [-0.2, -0.15) is 5.10 Å². The predicted octanol–water partition coefficient (Wildman–Crippen LogP) is 6.08. The van der Waals surface area contributed by atoms with Crippen LogP contribution in [0.15, 0.2) is 42.5 Å². The zero-order valence-electron chi connectivity index (χ0n) is 18.8. The second-order valence-electron chi connectivity index (χ2n) is 8.64. The molecular weight excluding hydrogens is 412 g/mol. The van der Waals surface area contributed by atoms with E-state index in [4.69, 9.17) is 16.3 Å². The number of nitrogens with one attached hydrogen (secondary N) is 2. The quantitative estimate of drug-likeness (QED) is 0.487. The molecule has 0 saturated heterocycles. The van der Waals surface area contributed by atoms with Gasteiger partial charge in [0.15, 0.2) is 0 Å². The van der Waals surface area contributed by atoms with E-state index in [0.29, 0.717) is 23.2 Å². The van der Waals surface area contributed by atoms with Gasteiger partial charge in [0, 0.05) is 35.4 Å². The van der Waals surface area contributed by atoms with Crippen molar-refractivity contribution in [2.24, 2.45) is 12.5 Å². The van der Waals surface area contributed by atoms with Gasteiger partial charge in [0.1, 0.15) is 5.75 Å². The summed E-state index contributed by atoms with van der Waals surface area (Å²) < 4.78 is 7.81. The Morgan fingerprint density at radius 1 is 1.13 bits per heavy atom. The van der Waals surface area contributed by atoms with Gasteiger partial charge < -0.3 is 15.4 Å². The van der Waals surface area contributed by atoms with Crippen molar-refractivity contribution in [2.75, 3.05) is 10.6 Å². The number of ether oxygens (including phenoxy) is 1. The number of aryl methyl sites for hydroxylation is 3. The summed E-state index contributed by atoms with van der Waals surface area (Å²) in [7, 11) is 1.86. The summed E-state index contributed by atoms with van der Waals surface area (Å²) in [4.78, 5) is 12.3. The van der Waals surface area contributed by atoms with Crippen molar-refractivity contribution in [2.45, 2.75) is 41.2 Å². The second kappa shape index (κ2) is 9.02. The number of anilines is 2. The molecule has 0 aliphatic carbocycles. The Morgan fingerprint density at radius 3 is 2.42 bits per heavy atom. The van der Waals surface area contributed by atoms with Crippen molar-refractivity contribution in [3.05, 3.63) is 64.3 Å². The SMILES string of the molecule is Cc1cc(NCc2c(C)nn(C)c2Oc2ccc(Cl)cc2)ccc1NC(=O)C(C)(C)C. The molecule has 3 aromatic rings. The van der Waals surface area contributed by atoms with Gasteiger partial charge >= 0.3 is 0 Å². The molecule has 0 radical (unpaired) electrons. The van der Waals surface area contributed by atoms with E-state index in [1.165, 1.54) is 0 Å². The molecule has 2 N–H and O–H groups in total. The Labute approximate surface area is 188 Å². The molecule has 0 aliphatic rings. The first-order valence-electron chi connectivity index (χ1n) is 10.2. The molecule has 1 aromatic heterocycles. The summed E-state index contributed by atoms with van der Waals surface area (Å²) in [5.74, 6) is 1.37. The van der Waals surface area contributed by atoms with Crippen LogP contribution in [0.1, 0.15) is 37.6 Å². The van der Waals surface area contributed by atoms with Gasteiger partial charge in [-0.15, -0.1) is 0 Å². The molecule has 6 nitrogen and oxygen atoms in total. The van der Waals surface area contributed by atoms with E-state index in [9.17, 15) is 4.79 Å². The Morgan fingerprint density at radius 2 is 1.81 bits per heavy atom. The third-order valence-electron chi connectivity index (χ3n) is 4.94. The standard InChI is InChI=1S/C24H29ClN4O2/c1-15-13-18(9-12-21(15)27-23(30)24(3,4)5)26-14-20-16(2)28-29(6)22(20)31-19-10-7-17(25)8-11-19/h7-13,26H,14H2,1-6H3,(H,27,30). The first kappa shape index (κ1) is 22.7. The molecule has 1 amide bonds. The molecule has 0 saturated carbocycles. The average molecular weight is 441 g/mol. The van der Waals surface area contributed by atoms with E-state index in [2.05, 4.69) is 15.7 Å². The van der Waals surface area contributed by atoms with E-state index < -0.39 is 5.41 Å². The molecule has 31 heavy (non-hydrogen) atoms. The lowest BCUT2D eigenvalue weighted by molar-refractivity contribution is -0.123. The van der Waals surface area contributed by atoms with Crippen molar-refractivity contribution in [3.63, 3.8) is 0 Å². The topological polar surface area (TPSA) is 68.2 Å². The summed E-state index contributed by atoms with van der Waals surface area (Å²) in [6, 6.07) is 13.1. The number of aromatic nitrogens is 2. The summed E-state index contributed by atoms with van der Waals surface area (Å²) in [5.41, 5.74) is 4.18. The van der Waals surface area contributed by atoms with Gasteiger partial charge in [-0.3, -0.25) is 4.79 Å². The van der Waals surface area contributed by atoms with Gasteiger partial charge in [0.25, 0.3) is 0 Å². The summed E-state index contributed by atoms with van der Waals surface area (Å²) in [5, 5.41) is 11.6. The average Bonchev–Trinajstić information content (AvgIpc) is 2.95. The summed E-state index contributed by atoms with van der Waals surface area (Å²) in [6.45, 7) is 10.2. The highest BCUT2D eigenvalue weighted by Gasteiger charge is 2.21. The summed E-state index contributed by atoms with van der Waals surface area (Å²) >= 11 is 5.97. The molecule has 7 heteroatoms. The van der Waals surface area contributed by atoms with Crippen LogP contribution in [0.2, 0.25) is 5.02 Å². The van der Waals surface area contributed by atoms with Crippen molar-refractivity contribution < 1.29 is 9.53 Å². The van der Waals surface area contributed by atoms with E-state index in [0.717, 1.165) is 28.2 Å². The lowest BCUT2D eigenvalue weighted by atomic mass is 9.95. The van der Waals surface area contributed by atoms with Crippen LogP contribution in [-0.2, 0) is 18.4 Å². The fourth-order valence-electron chi connectivity index (χ4n) is 3.04. The first-order valence-corrected chi connectivity index (χ1v) is 10.5. The van der Waals surface area contributed by atoms with Gasteiger partial charge in [-0.25, -0.2) is 4.68 Å². The number of carbonyl (C=O) groups excluding carboxylic acids is 1. The minimum atomic E-state index is -0.443. The number of hydrogen-bond acceptors (Lipinski definition) is 4. The highest BCUT2D eigenvalue weighted by molar-refractivity contribution is 6.30. The van der Waals surface area contributed by atoms with Gasteiger partial charge in [-0.05, 0) is 61.9 Å². The Bertz CT molecular complexity index is 1080. The molecule has 0 aliphatic heterocycles. The molecule has 0 unspecified atom stereocenters. The van der Waals surface area contributed by atoms with Crippen LogP contribution in [0.4, 0.5) is 11.4 Å². The van der Waals surface area contributed by atoms with Crippen molar-refractivity contribution in [1.29, 1.82) is 0 Å². The third kappa shape index (κ3) is 5.58. The normalized spacial score (nSPS) is 11.3. The van der Waals surface area contributed by atoms with E-state index in [1.807, 2.05) is 72.0 Å². The first-order chi connectivity index (χ1) is 14.5. The molecule has 0 atom stereocenters. The monoisotopic (exact) mass is 440 g/mol. The zero-order chi connectivity index (χ0) is 22.8. The van der Waals surface area contributed by atoms with E-state index >= 15 is 0 Å². The number of carbonyl (C=O) groups is 1. The van der Waals surface area contributed by atoms with Crippen LogP contribution >= 0.6 is 11.6 Å². The fraction of sp³-hybridized carbons (Fsp3) is 0.333. The van der Waals surface area contributed by atoms with E-state index in [1.54, 1.807) is 16.8 Å². The molecular formula is C24H29ClN4O2. The molecule has 1 heterocycles. The van der Waals surface area contributed by atoms with Crippen LogP contribution in [0.5, 0.6) is 11.6 Å². The largest absolute Gasteiger partial charge is 0.439 e. The molecule has 2 aromatic carbocycles. The van der Waals surface area contributed by atoms with Gasteiger partial charge in [-0.1, -0.05) is 32.4 Å². The summed E-state index contributed by atoms with van der Waals surface area (Å²) in [6.07, 6.45) is 0. The predicted molar refractivity (Wildman–Crippen MR) is 126 cm³/mol. The van der Waals surface area contributed by atoms with Crippen LogP contribution in [0.25, 0.3) is 0 Å². The van der Waals surface area contributed by atoms with Crippen LogP contribution < -0.4 is 15.4 Å². The minimum absolute atomic E-state index is 0.00807. The zero-order valence-corrected chi connectivity index (χ0v) is 19.6. The Balaban J connectivity index is 1.73. The maximum absolute atomic E-state index is 12.3.